The summed E-state index contributed by atoms with van der Waals surface area (Å²) in [7, 11) is 0. The first kappa shape index (κ1) is 18.7. The molecule has 0 aliphatic rings. The van der Waals surface area contributed by atoms with Crippen LogP contribution in [0.5, 0.6) is 11.6 Å². The first-order valence-corrected chi connectivity index (χ1v) is 9.20. The Morgan fingerprint density at radius 3 is 2.52 bits per heavy atom. The van der Waals surface area contributed by atoms with Gasteiger partial charge in [-0.05, 0) is 17.7 Å². The lowest BCUT2D eigenvalue weighted by Crippen LogP contribution is -2.04. The highest BCUT2D eigenvalue weighted by atomic mass is 19.1. The maximum absolute atomic E-state index is 13.4. The topological polar surface area (TPSA) is 91.5 Å². The Hall–Kier alpha value is -4.34. The first-order valence-electron chi connectivity index (χ1n) is 9.20. The van der Waals surface area contributed by atoms with Crippen LogP contribution in [0.3, 0.4) is 0 Å². The fourth-order valence-corrected chi connectivity index (χ4v) is 3.03. The van der Waals surface area contributed by atoms with Crippen LogP contribution in [0.1, 0.15) is 5.56 Å². The third-order valence-corrected chi connectivity index (χ3v) is 4.35. The minimum atomic E-state index is -0.752. The van der Waals surface area contributed by atoms with Crippen molar-refractivity contribution in [3.63, 3.8) is 0 Å². The number of hydrogen-bond acceptors (Lipinski definition) is 7. The fraction of sp³-hybridized carbons (Fsp3) is 0.0476. The molecule has 31 heavy (non-hydrogen) atoms. The molecule has 0 amide bonds. The van der Waals surface area contributed by atoms with E-state index in [2.05, 4.69) is 30.2 Å². The van der Waals surface area contributed by atoms with E-state index < -0.39 is 11.6 Å². The van der Waals surface area contributed by atoms with Crippen molar-refractivity contribution in [1.29, 1.82) is 0 Å². The summed E-state index contributed by atoms with van der Waals surface area (Å²) in [5.41, 5.74) is 2.49. The third kappa shape index (κ3) is 4.04. The van der Waals surface area contributed by atoms with Gasteiger partial charge in [-0.25, -0.2) is 28.4 Å². The molecule has 0 saturated carbocycles. The lowest BCUT2D eigenvalue weighted by Gasteiger charge is -2.07. The second-order valence-electron chi connectivity index (χ2n) is 6.58. The second kappa shape index (κ2) is 7.82. The molecule has 0 spiro atoms. The van der Waals surface area contributed by atoms with Crippen molar-refractivity contribution in [3.05, 3.63) is 84.3 Å². The molecule has 5 aromatic rings. The van der Waals surface area contributed by atoms with Gasteiger partial charge in [0.05, 0.1) is 12.7 Å². The molecular formula is C21H13F2N7O. The maximum Gasteiger partial charge on any atom is 0.240 e. The van der Waals surface area contributed by atoms with E-state index in [1.807, 2.05) is 24.3 Å². The van der Waals surface area contributed by atoms with Crippen molar-refractivity contribution in [2.24, 2.45) is 0 Å². The summed E-state index contributed by atoms with van der Waals surface area (Å²) in [5.74, 6) is -0.852. The van der Waals surface area contributed by atoms with Crippen LogP contribution in [0, 0.1) is 11.6 Å². The van der Waals surface area contributed by atoms with E-state index in [1.54, 1.807) is 23.1 Å². The lowest BCUT2D eigenvalue weighted by molar-refractivity contribution is 0.450. The number of hydrogen-bond donors (Lipinski definition) is 0. The average molecular weight is 417 g/mol. The van der Waals surface area contributed by atoms with Gasteiger partial charge in [0.25, 0.3) is 0 Å². The van der Waals surface area contributed by atoms with Crippen LogP contribution in [-0.2, 0) is 6.54 Å². The molecule has 3 heterocycles. The molecule has 0 atom stereocenters. The van der Waals surface area contributed by atoms with Crippen LogP contribution < -0.4 is 4.74 Å². The van der Waals surface area contributed by atoms with Gasteiger partial charge < -0.3 is 4.74 Å². The van der Waals surface area contributed by atoms with Gasteiger partial charge >= 0.3 is 0 Å². The Bertz CT molecular complexity index is 1350. The van der Waals surface area contributed by atoms with E-state index in [1.165, 1.54) is 6.20 Å². The number of fused-ring (bicyclic) bond motifs is 1. The highest BCUT2D eigenvalue weighted by molar-refractivity contribution is 5.65. The first-order chi connectivity index (χ1) is 15.1. The van der Waals surface area contributed by atoms with Gasteiger partial charge in [-0.3, -0.25) is 0 Å². The number of aromatic nitrogens is 7. The molecule has 0 aliphatic carbocycles. The molecule has 8 nitrogen and oxygen atoms in total. The molecule has 0 bridgehead atoms. The van der Waals surface area contributed by atoms with Crippen LogP contribution in [0.25, 0.3) is 22.7 Å². The summed E-state index contributed by atoms with van der Waals surface area (Å²) in [6.45, 7) is 0.365. The number of benzene rings is 2. The highest BCUT2D eigenvalue weighted by Gasteiger charge is 2.12. The smallest absolute Gasteiger partial charge is 0.240 e. The molecule has 0 aliphatic heterocycles. The van der Waals surface area contributed by atoms with Crippen molar-refractivity contribution >= 4 is 11.3 Å². The van der Waals surface area contributed by atoms with E-state index in [0.29, 0.717) is 23.7 Å². The molecule has 3 aromatic heterocycles. The summed E-state index contributed by atoms with van der Waals surface area (Å²) >= 11 is 0. The Balaban J connectivity index is 1.44. The Morgan fingerprint density at radius 2 is 1.71 bits per heavy atom. The minimum absolute atomic E-state index is 0.0271. The van der Waals surface area contributed by atoms with Crippen LogP contribution in [0.4, 0.5) is 8.78 Å². The molecule has 2 aromatic carbocycles. The zero-order valence-corrected chi connectivity index (χ0v) is 15.9. The van der Waals surface area contributed by atoms with Gasteiger partial charge in [0.15, 0.2) is 5.82 Å². The van der Waals surface area contributed by atoms with Crippen LogP contribution >= 0.6 is 0 Å². The molecule has 0 N–H and O–H groups in total. The van der Waals surface area contributed by atoms with E-state index in [0.717, 1.165) is 29.3 Å². The maximum atomic E-state index is 13.4. The summed E-state index contributed by atoms with van der Waals surface area (Å²) in [6.07, 6.45) is 4.68. The van der Waals surface area contributed by atoms with Crippen molar-refractivity contribution < 1.29 is 13.5 Å². The minimum Gasteiger partial charge on any atom is -0.437 e. The molecule has 10 heteroatoms. The summed E-state index contributed by atoms with van der Waals surface area (Å²) < 4.78 is 33.8. The Morgan fingerprint density at radius 1 is 0.903 bits per heavy atom. The van der Waals surface area contributed by atoms with Crippen molar-refractivity contribution in [3.8, 4) is 23.0 Å². The normalized spacial score (nSPS) is 11.0. The average Bonchev–Trinajstić information content (AvgIpc) is 3.16. The van der Waals surface area contributed by atoms with Gasteiger partial charge in [-0.15, -0.1) is 5.10 Å². The summed E-state index contributed by atoms with van der Waals surface area (Å²) in [4.78, 5) is 17.0. The number of nitrogens with zero attached hydrogens (tertiary/aromatic N) is 7. The molecule has 0 radical (unpaired) electrons. The quantitative estimate of drug-likeness (QED) is 0.430. The van der Waals surface area contributed by atoms with E-state index in [-0.39, 0.29) is 11.6 Å². The van der Waals surface area contributed by atoms with Gasteiger partial charge in [0.2, 0.25) is 17.2 Å². The molecular weight excluding hydrogens is 404 g/mol. The molecule has 0 fully saturated rings. The lowest BCUT2D eigenvalue weighted by atomic mass is 10.1. The Kier molecular flexibility index (Phi) is 4.71. The second-order valence-corrected chi connectivity index (χ2v) is 6.58. The fourth-order valence-electron chi connectivity index (χ4n) is 3.03. The highest BCUT2D eigenvalue weighted by Crippen LogP contribution is 2.23. The van der Waals surface area contributed by atoms with Crippen LogP contribution in [0.15, 0.2) is 67.1 Å². The van der Waals surface area contributed by atoms with Crippen molar-refractivity contribution in [1.82, 2.24) is 34.9 Å². The van der Waals surface area contributed by atoms with Crippen molar-refractivity contribution in [2.45, 2.75) is 6.54 Å². The number of halogens is 2. The van der Waals surface area contributed by atoms with Crippen LogP contribution in [-0.4, -0.2) is 34.9 Å². The summed E-state index contributed by atoms with van der Waals surface area (Å²) in [5, 5.41) is 8.12. The van der Waals surface area contributed by atoms with Gasteiger partial charge in [-0.2, -0.15) is 4.98 Å². The molecule has 0 unspecified atom stereocenters. The zero-order chi connectivity index (χ0) is 21.2. The van der Waals surface area contributed by atoms with E-state index in [9.17, 15) is 8.78 Å². The predicted octanol–water partition coefficient (Wildman–Crippen LogP) is 3.80. The van der Waals surface area contributed by atoms with E-state index in [4.69, 9.17) is 4.74 Å². The van der Waals surface area contributed by atoms with Gasteiger partial charge in [0.1, 0.15) is 17.4 Å². The molecule has 152 valence electrons. The monoisotopic (exact) mass is 417 g/mol. The predicted molar refractivity (Wildman–Crippen MR) is 106 cm³/mol. The standard InChI is InChI=1S/C21H13F2N7O/c22-15-8-16(23)10-17(9-15)31-18-11-26-20-21(27-18)30(29-28-20)12-13-3-1-4-14(7-13)19-24-5-2-6-25-19/h1-11H,12H2. The van der Waals surface area contributed by atoms with E-state index >= 15 is 0 Å². The van der Waals surface area contributed by atoms with Gasteiger partial charge in [-0.1, -0.05) is 23.4 Å². The summed E-state index contributed by atoms with van der Waals surface area (Å²) in [6, 6.07) is 12.3. The van der Waals surface area contributed by atoms with Crippen molar-refractivity contribution in [2.75, 3.05) is 0 Å². The third-order valence-electron chi connectivity index (χ3n) is 4.35. The largest absolute Gasteiger partial charge is 0.437 e. The number of rotatable bonds is 5. The Labute approximate surface area is 174 Å². The SMILES string of the molecule is Fc1cc(F)cc(Oc2cnc3nnn(Cc4cccc(-c5ncccn5)c4)c3n2)c1. The van der Waals surface area contributed by atoms with Crippen LogP contribution in [0.2, 0.25) is 0 Å². The van der Waals surface area contributed by atoms with Gasteiger partial charge in [0, 0.05) is 36.2 Å². The zero-order valence-electron chi connectivity index (χ0n) is 15.9. The molecule has 0 saturated heterocycles. The number of ether oxygens (including phenoxy) is 1. The molecule has 5 rings (SSSR count).